The first-order valence-electron chi connectivity index (χ1n) is 8.04. The van der Waals surface area contributed by atoms with Crippen molar-refractivity contribution in [1.82, 2.24) is 0 Å². The molecular weight excluding hydrogens is 388 g/mol. The number of rotatable bonds is 2. The second-order valence-electron chi connectivity index (χ2n) is 5.92. The van der Waals surface area contributed by atoms with Gasteiger partial charge in [0.2, 0.25) is 0 Å². The van der Waals surface area contributed by atoms with Crippen molar-refractivity contribution in [1.29, 1.82) is 0 Å². The minimum absolute atomic E-state index is 0.126. The van der Waals surface area contributed by atoms with Crippen molar-refractivity contribution in [2.75, 3.05) is 14.2 Å². The largest absolute Gasteiger partial charge is 0.465 e. The first-order valence-corrected chi connectivity index (χ1v) is 9.68. The fraction of sp³-hybridized carbons (Fsp3) is 0.211. The SMILES string of the molecule is COC(=O)C1=C(C(=O)OC)SC(=C2OC(=O)C3C=CC=C4C=CC=C2C43)S1. The summed E-state index contributed by atoms with van der Waals surface area (Å²) in [6.45, 7) is 0. The minimum atomic E-state index is -0.637. The van der Waals surface area contributed by atoms with E-state index in [1.54, 1.807) is 0 Å². The van der Waals surface area contributed by atoms with Gasteiger partial charge in [-0.15, -0.1) is 0 Å². The Hall–Kier alpha value is -2.45. The van der Waals surface area contributed by atoms with Crippen molar-refractivity contribution < 1.29 is 28.6 Å². The molecule has 1 saturated heterocycles. The summed E-state index contributed by atoms with van der Waals surface area (Å²) < 4.78 is 15.7. The molecule has 0 bridgehead atoms. The molecule has 2 aliphatic carbocycles. The summed E-state index contributed by atoms with van der Waals surface area (Å²) in [6, 6.07) is 0. The first-order chi connectivity index (χ1) is 13.0. The number of carbonyl (C=O) groups is 3. The van der Waals surface area contributed by atoms with Crippen molar-refractivity contribution in [3.63, 3.8) is 0 Å². The Bertz CT molecular complexity index is 917. The van der Waals surface area contributed by atoms with Gasteiger partial charge < -0.3 is 14.2 Å². The maximum Gasteiger partial charge on any atom is 0.346 e. The van der Waals surface area contributed by atoms with Crippen LogP contribution in [-0.2, 0) is 28.6 Å². The Morgan fingerprint density at radius 1 is 1.04 bits per heavy atom. The number of hydrogen-bond acceptors (Lipinski definition) is 8. The van der Waals surface area contributed by atoms with Crippen LogP contribution in [0, 0.1) is 11.8 Å². The number of ether oxygens (including phenoxy) is 3. The maximum atomic E-state index is 12.6. The Kier molecular flexibility index (Phi) is 4.61. The summed E-state index contributed by atoms with van der Waals surface area (Å²) in [7, 11) is 2.48. The molecule has 1 fully saturated rings. The van der Waals surface area contributed by atoms with Crippen molar-refractivity contribution in [3.8, 4) is 0 Å². The van der Waals surface area contributed by atoms with Crippen LogP contribution in [0.3, 0.4) is 0 Å². The molecule has 4 aliphatic rings. The fourth-order valence-electron chi connectivity index (χ4n) is 3.27. The second kappa shape index (κ2) is 6.94. The molecule has 0 aromatic rings. The van der Waals surface area contributed by atoms with Crippen LogP contribution in [0.1, 0.15) is 0 Å². The average Bonchev–Trinajstić information content (AvgIpc) is 3.14. The van der Waals surface area contributed by atoms with Gasteiger partial charge in [0.15, 0.2) is 5.76 Å². The van der Waals surface area contributed by atoms with Crippen LogP contribution in [0.2, 0.25) is 0 Å². The number of allylic oxidation sites excluding steroid dienone is 7. The summed E-state index contributed by atoms with van der Waals surface area (Å²) in [5.41, 5.74) is 1.88. The van der Waals surface area contributed by atoms with E-state index in [-0.39, 0.29) is 27.6 Å². The van der Waals surface area contributed by atoms with E-state index in [0.717, 1.165) is 34.7 Å². The fourth-order valence-corrected chi connectivity index (χ4v) is 5.75. The zero-order chi connectivity index (χ0) is 19.1. The molecule has 0 radical (unpaired) electrons. The lowest BCUT2D eigenvalue weighted by atomic mass is 9.73. The van der Waals surface area contributed by atoms with Gasteiger partial charge >= 0.3 is 17.9 Å². The topological polar surface area (TPSA) is 78.9 Å². The van der Waals surface area contributed by atoms with Crippen LogP contribution in [-0.4, -0.2) is 32.1 Å². The maximum absolute atomic E-state index is 12.6. The standard InChI is InChI=1S/C19H14O6S2/c1-23-17(21)14-15(18(22)24-2)27-19(26-14)13-10-7-3-5-9-6-4-8-11(12(9)10)16(20)25-13/h3-8,11-12H,1-2H3. The summed E-state index contributed by atoms with van der Waals surface area (Å²) in [6.07, 6.45) is 11.4. The number of methoxy groups -OCH3 is 2. The molecule has 8 heteroatoms. The smallest absolute Gasteiger partial charge is 0.346 e. The van der Waals surface area contributed by atoms with Crippen LogP contribution in [0.5, 0.6) is 0 Å². The molecule has 0 aromatic carbocycles. The van der Waals surface area contributed by atoms with Crippen LogP contribution in [0.15, 0.2) is 67.4 Å². The zero-order valence-electron chi connectivity index (χ0n) is 14.4. The van der Waals surface area contributed by atoms with E-state index >= 15 is 0 Å². The van der Waals surface area contributed by atoms with E-state index in [2.05, 4.69) is 0 Å². The highest BCUT2D eigenvalue weighted by atomic mass is 32.2. The highest BCUT2D eigenvalue weighted by Crippen LogP contribution is 2.55. The van der Waals surface area contributed by atoms with Gasteiger partial charge in [0.05, 0.1) is 24.4 Å². The normalized spacial score (nSPS) is 25.6. The van der Waals surface area contributed by atoms with E-state index < -0.39 is 11.9 Å². The van der Waals surface area contributed by atoms with Crippen molar-refractivity contribution in [2.45, 2.75) is 0 Å². The summed E-state index contributed by atoms with van der Waals surface area (Å²) >= 11 is 2.11. The number of thioether (sulfide) groups is 2. The lowest BCUT2D eigenvalue weighted by molar-refractivity contribution is -0.145. The molecule has 0 amide bonds. The third-order valence-electron chi connectivity index (χ3n) is 4.48. The third-order valence-corrected chi connectivity index (χ3v) is 7.01. The highest BCUT2D eigenvalue weighted by Gasteiger charge is 2.44. The number of carbonyl (C=O) groups excluding carboxylic acids is 3. The lowest BCUT2D eigenvalue weighted by Crippen LogP contribution is -2.35. The molecule has 27 heavy (non-hydrogen) atoms. The summed E-state index contributed by atoms with van der Waals surface area (Å²) in [5.74, 6) is -1.76. The van der Waals surface area contributed by atoms with E-state index in [9.17, 15) is 14.4 Å². The van der Waals surface area contributed by atoms with Crippen molar-refractivity contribution in [2.24, 2.45) is 11.8 Å². The molecule has 2 heterocycles. The number of esters is 3. The van der Waals surface area contributed by atoms with E-state index in [4.69, 9.17) is 14.2 Å². The third kappa shape index (κ3) is 2.89. The van der Waals surface area contributed by atoms with Gasteiger partial charge in [-0.25, -0.2) is 9.59 Å². The minimum Gasteiger partial charge on any atom is -0.465 e. The predicted molar refractivity (Wildman–Crippen MR) is 101 cm³/mol. The average molecular weight is 402 g/mol. The zero-order valence-corrected chi connectivity index (χ0v) is 16.0. The van der Waals surface area contributed by atoms with Crippen LogP contribution >= 0.6 is 23.5 Å². The van der Waals surface area contributed by atoms with E-state index in [0.29, 0.717) is 10.00 Å². The van der Waals surface area contributed by atoms with Gasteiger partial charge in [-0.05, 0) is 5.57 Å². The number of hydrogen-bond donors (Lipinski definition) is 0. The first kappa shape index (κ1) is 17.9. The molecule has 2 unspecified atom stereocenters. The molecule has 2 atom stereocenters. The van der Waals surface area contributed by atoms with Crippen LogP contribution in [0.4, 0.5) is 0 Å². The Labute approximate surface area is 163 Å². The molecular formula is C19H14O6S2. The Morgan fingerprint density at radius 3 is 2.33 bits per heavy atom. The van der Waals surface area contributed by atoms with Gasteiger partial charge in [0.25, 0.3) is 0 Å². The van der Waals surface area contributed by atoms with Gasteiger partial charge in [0.1, 0.15) is 9.81 Å². The predicted octanol–water partition coefficient (Wildman–Crippen LogP) is 2.97. The molecule has 0 N–H and O–H groups in total. The quantitative estimate of drug-likeness (QED) is 0.515. The van der Waals surface area contributed by atoms with E-state index in [1.807, 2.05) is 36.5 Å². The van der Waals surface area contributed by atoms with Crippen molar-refractivity contribution in [3.05, 3.63) is 67.4 Å². The van der Waals surface area contributed by atoms with Crippen LogP contribution in [0.25, 0.3) is 0 Å². The van der Waals surface area contributed by atoms with Crippen molar-refractivity contribution >= 4 is 41.4 Å². The van der Waals surface area contributed by atoms with Gasteiger partial charge in [-0.3, -0.25) is 4.79 Å². The van der Waals surface area contributed by atoms with Gasteiger partial charge in [-0.1, -0.05) is 60.0 Å². The molecule has 0 spiro atoms. The molecule has 0 aromatic heterocycles. The lowest BCUT2D eigenvalue weighted by Gasteiger charge is -2.36. The molecule has 4 rings (SSSR count). The molecule has 6 nitrogen and oxygen atoms in total. The van der Waals surface area contributed by atoms with Gasteiger partial charge in [-0.2, -0.15) is 0 Å². The van der Waals surface area contributed by atoms with Crippen LogP contribution < -0.4 is 0 Å². The molecule has 138 valence electrons. The monoisotopic (exact) mass is 402 g/mol. The molecule has 0 saturated carbocycles. The van der Waals surface area contributed by atoms with E-state index in [1.165, 1.54) is 14.2 Å². The highest BCUT2D eigenvalue weighted by molar-refractivity contribution is 8.29. The Morgan fingerprint density at radius 2 is 1.70 bits per heavy atom. The number of cyclic esters (lactones) is 1. The van der Waals surface area contributed by atoms with Gasteiger partial charge in [0, 0.05) is 11.5 Å². The summed E-state index contributed by atoms with van der Waals surface area (Å²) in [5, 5.41) is 0. The summed E-state index contributed by atoms with van der Waals surface area (Å²) in [4.78, 5) is 37.0. The molecule has 2 aliphatic heterocycles. The second-order valence-corrected chi connectivity index (χ2v) is 8.22. The Balaban J connectivity index is 1.77.